The van der Waals surface area contributed by atoms with Crippen LogP contribution in [0.15, 0.2) is 29.9 Å². The Morgan fingerprint density at radius 1 is 1.36 bits per heavy atom. The molecule has 7 heteroatoms. The molecule has 0 fully saturated rings. The summed E-state index contributed by atoms with van der Waals surface area (Å²) in [5.74, 6) is 0.305. The van der Waals surface area contributed by atoms with Crippen LogP contribution in [-0.2, 0) is 6.42 Å². The maximum Gasteiger partial charge on any atom is 0.177 e. The molecule has 0 bridgehead atoms. The Labute approximate surface area is 135 Å². The molecule has 3 heterocycles. The fourth-order valence-corrected chi connectivity index (χ4v) is 3.61. The first-order valence-electron chi connectivity index (χ1n) is 6.74. The summed E-state index contributed by atoms with van der Waals surface area (Å²) in [6, 6.07) is 3.73. The second-order valence-electron chi connectivity index (χ2n) is 4.76. The molecule has 0 aliphatic carbocycles. The van der Waals surface area contributed by atoms with Crippen LogP contribution in [0.4, 0.5) is 5.82 Å². The molecule has 0 aliphatic heterocycles. The minimum absolute atomic E-state index is 0.00999. The average molecular weight is 330 g/mol. The molecule has 5 nitrogen and oxygen atoms in total. The van der Waals surface area contributed by atoms with Gasteiger partial charge in [-0.15, -0.1) is 22.7 Å². The van der Waals surface area contributed by atoms with Gasteiger partial charge in [-0.3, -0.25) is 9.78 Å². The molecule has 3 aromatic heterocycles. The monoisotopic (exact) mass is 330 g/mol. The lowest BCUT2D eigenvalue weighted by Gasteiger charge is -1.97. The summed E-state index contributed by atoms with van der Waals surface area (Å²) in [4.78, 5) is 25.6. The standard InChI is InChI=1S/C15H14N4OS2/c1-9-18-11(8-21-9)4-5-12(20)13-14(16)19-15(22-13)10-3-2-6-17-7-10/h2-3,6-8H,4-5,16H2,1H3. The summed E-state index contributed by atoms with van der Waals surface area (Å²) >= 11 is 2.91. The van der Waals surface area contributed by atoms with E-state index in [1.807, 2.05) is 24.4 Å². The molecule has 0 saturated carbocycles. The van der Waals surface area contributed by atoms with Crippen molar-refractivity contribution in [1.82, 2.24) is 15.0 Å². The number of hydrogen-bond donors (Lipinski definition) is 1. The normalized spacial score (nSPS) is 10.8. The number of thiazole rings is 2. The predicted molar refractivity (Wildman–Crippen MR) is 89.3 cm³/mol. The maximum atomic E-state index is 12.3. The number of nitrogens with two attached hydrogens (primary N) is 1. The molecular weight excluding hydrogens is 316 g/mol. The smallest absolute Gasteiger partial charge is 0.177 e. The lowest BCUT2D eigenvalue weighted by atomic mass is 10.1. The van der Waals surface area contributed by atoms with Crippen LogP contribution < -0.4 is 5.73 Å². The van der Waals surface area contributed by atoms with Crippen LogP contribution in [0.25, 0.3) is 10.6 Å². The van der Waals surface area contributed by atoms with Gasteiger partial charge in [-0.1, -0.05) is 0 Å². The van der Waals surface area contributed by atoms with Crippen LogP contribution in [-0.4, -0.2) is 20.7 Å². The highest BCUT2D eigenvalue weighted by molar-refractivity contribution is 7.17. The summed E-state index contributed by atoms with van der Waals surface area (Å²) in [5, 5.41) is 3.72. The van der Waals surface area contributed by atoms with E-state index in [4.69, 9.17) is 5.73 Å². The molecule has 0 aromatic carbocycles. The van der Waals surface area contributed by atoms with Crippen LogP contribution in [0.3, 0.4) is 0 Å². The van der Waals surface area contributed by atoms with Gasteiger partial charge in [0.25, 0.3) is 0 Å². The zero-order chi connectivity index (χ0) is 15.5. The number of anilines is 1. The van der Waals surface area contributed by atoms with E-state index < -0.39 is 0 Å². The van der Waals surface area contributed by atoms with Crippen LogP contribution in [0.5, 0.6) is 0 Å². The van der Waals surface area contributed by atoms with Gasteiger partial charge in [0.1, 0.15) is 15.7 Å². The number of Topliss-reactive ketones (excluding diaryl/α,β-unsaturated/α-hetero) is 1. The van der Waals surface area contributed by atoms with Gasteiger partial charge in [-0.2, -0.15) is 0 Å². The van der Waals surface area contributed by atoms with Gasteiger partial charge in [0.15, 0.2) is 5.78 Å². The van der Waals surface area contributed by atoms with Crippen molar-refractivity contribution < 1.29 is 4.79 Å². The minimum Gasteiger partial charge on any atom is -0.382 e. The van der Waals surface area contributed by atoms with E-state index in [1.165, 1.54) is 11.3 Å². The van der Waals surface area contributed by atoms with Crippen LogP contribution in [0, 0.1) is 6.92 Å². The third-order valence-corrected chi connectivity index (χ3v) is 5.07. The second kappa shape index (κ2) is 6.33. The van der Waals surface area contributed by atoms with Gasteiger partial charge in [0.2, 0.25) is 0 Å². The lowest BCUT2D eigenvalue weighted by Crippen LogP contribution is -2.02. The van der Waals surface area contributed by atoms with Crippen molar-refractivity contribution in [2.45, 2.75) is 19.8 Å². The van der Waals surface area contributed by atoms with E-state index in [0.717, 1.165) is 21.3 Å². The molecule has 0 amide bonds. The van der Waals surface area contributed by atoms with E-state index in [2.05, 4.69) is 15.0 Å². The molecule has 2 N–H and O–H groups in total. The molecule has 0 atom stereocenters. The number of carbonyl (C=O) groups is 1. The predicted octanol–water partition coefficient (Wildman–Crippen LogP) is 3.37. The Bertz CT molecular complexity index is 795. The molecule has 22 heavy (non-hydrogen) atoms. The molecule has 0 spiro atoms. The highest BCUT2D eigenvalue weighted by Crippen LogP contribution is 2.30. The average Bonchev–Trinajstić information content (AvgIpc) is 3.12. The Balaban J connectivity index is 1.74. The van der Waals surface area contributed by atoms with Crippen LogP contribution >= 0.6 is 22.7 Å². The summed E-state index contributed by atoms with van der Waals surface area (Å²) < 4.78 is 0. The number of nitrogen functional groups attached to an aromatic ring is 1. The molecule has 0 saturated heterocycles. The Kier molecular flexibility index (Phi) is 4.26. The number of rotatable bonds is 5. The molecule has 0 radical (unpaired) electrons. The van der Waals surface area contributed by atoms with Gasteiger partial charge >= 0.3 is 0 Å². The van der Waals surface area contributed by atoms with Gasteiger partial charge in [-0.25, -0.2) is 9.97 Å². The quantitative estimate of drug-likeness (QED) is 0.725. The van der Waals surface area contributed by atoms with Crippen molar-refractivity contribution in [2.24, 2.45) is 0 Å². The Hall–Kier alpha value is -2.12. The highest BCUT2D eigenvalue weighted by Gasteiger charge is 2.17. The molecule has 0 aliphatic rings. The van der Waals surface area contributed by atoms with Crippen LogP contribution in [0.2, 0.25) is 0 Å². The maximum absolute atomic E-state index is 12.3. The first kappa shape index (κ1) is 14.8. The largest absolute Gasteiger partial charge is 0.382 e. The molecule has 0 unspecified atom stereocenters. The van der Waals surface area contributed by atoms with E-state index in [1.54, 1.807) is 23.7 Å². The number of nitrogens with zero attached hydrogens (tertiary/aromatic N) is 3. The van der Waals surface area contributed by atoms with E-state index >= 15 is 0 Å². The van der Waals surface area contributed by atoms with Crippen molar-refractivity contribution in [1.29, 1.82) is 0 Å². The summed E-state index contributed by atoms with van der Waals surface area (Å²) in [7, 11) is 0. The topological polar surface area (TPSA) is 81.8 Å². The number of pyridine rings is 1. The summed E-state index contributed by atoms with van der Waals surface area (Å²) in [5.41, 5.74) is 7.72. The van der Waals surface area contributed by atoms with Crippen molar-refractivity contribution in [3.05, 3.63) is 45.5 Å². The third-order valence-electron chi connectivity index (χ3n) is 3.09. The number of ketones is 1. The number of carbonyl (C=O) groups excluding carboxylic acids is 1. The van der Waals surface area contributed by atoms with Gasteiger partial charge in [0, 0.05) is 29.8 Å². The fraction of sp³-hybridized carbons (Fsp3) is 0.200. The van der Waals surface area contributed by atoms with E-state index in [0.29, 0.717) is 23.5 Å². The van der Waals surface area contributed by atoms with E-state index in [-0.39, 0.29) is 5.78 Å². The minimum atomic E-state index is 0.00999. The Morgan fingerprint density at radius 2 is 2.23 bits per heavy atom. The van der Waals surface area contributed by atoms with E-state index in [9.17, 15) is 4.79 Å². The van der Waals surface area contributed by atoms with Crippen molar-refractivity contribution in [3.63, 3.8) is 0 Å². The SMILES string of the molecule is Cc1nc(CCC(=O)c2sc(-c3cccnc3)nc2N)cs1. The van der Waals surface area contributed by atoms with Crippen molar-refractivity contribution in [2.75, 3.05) is 5.73 Å². The first-order chi connectivity index (χ1) is 10.6. The summed E-state index contributed by atoms with van der Waals surface area (Å²) in [6.07, 6.45) is 4.43. The number of aryl methyl sites for hydroxylation is 2. The highest BCUT2D eigenvalue weighted by atomic mass is 32.1. The van der Waals surface area contributed by atoms with Crippen LogP contribution in [0.1, 0.15) is 26.8 Å². The van der Waals surface area contributed by atoms with Gasteiger partial charge < -0.3 is 5.73 Å². The molecular formula is C15H14N4OS2. The first-order valence-corrected chi connectivity index (χ1v) is 8.44. The zero-order valence-corrected chi connectivity index (χ0v) is 13.6. The van der Waals surface area contributed by atoms with Crippen molar-refractivity contribution in [3.8, 4) is 10.6 Å². The lowest BCUT2D eigenvalue weighted by molar-refractivity contribution is 0.0987. The van der Waals surface area contributed by atoms with Gasteiger partial charge in [-0.05, 0) is 25.5 Å². The number of hydrogen-bond acceptors (Lipinski definition) is 7. The van der Waals surface area contributed by atoms with Crippen molar-refractivity contribution >= 4 is 34.3 Å². The third kappa shape index (κ3) is 3.20. The summed E-state index contributed by atoms with van der Waals surface area (Å²) in [6.45, 7) is 1.96. The fourth-order valence-electron chi connectivity index (χ4n) is 2.02. The zero-order valence-electron chi connectivity index (χ0n) is 11.9. The molecule has 3 aromatic rings. The molecule has 112 valence electrons. The Morgan fingerprint density at radius 3 is 2.91 bits per heavy atom. The molecule has 3 rings (SSSR count). The van der Waals surface area contributed by atoms with Gasteiger partial charge in [0.05, 0.1) is 10.7 Å². The number of aromatic nitrogens is 3. The second-order valence-corrected chi connectivity index (χ2v) is 6.82.